The third-order valence-corrected chi connectivity index (χ3v) is 1.61. The molecule has 1 aromatic rings. The van der Waals surface area contributed by atoms with Crippen molar-refractivity contribution in [3.05, 3.63) is 21.0 Å². The summed E-state index contributed by atoms with van der Waals surface area (Å²) in [6, 6.07) is 0. The van der Waals surface area contributed by atoms with Crippen LogP contribution < -0.4 is 0 Å². The number of aromatic nitrogens is 2. The van der Waals surface area contributed by atoms with Gasteiger partial charge >= 0.3 is 5.82 Å². The second-order valence-electron chi connectivity index (χ2n) is 1.57. The standard InChI is InChI=1S/C4H4BrN3O2/c1-7-3(8(9)10)2-6-4(7)5/h2H,1H3/i1D. The number of imidazole rings is 1. The van der Waals surface area contributed by atoms with Crippen LogP contribution in [0.15, 0.2) is 10.9 Å². The fourth-order valence-corrected chi connectivity index (χ4v) is 0.775. The van der Waals surface area contributed by atoms with Crippen LogP contribution in [0.5, 0.6) is 0 Å². The summed E-state index contributed by atoms with van der Waals surface area (Å²) in [5.74, 6) is -0.174. The van der Waals surface area contributed by atoms with Crippen molar-refractivity contribution in [1.29, 1.82) is 0 Å². The van der Waals surface area contributed by atoms with Gasteiger partial charge in [0.25, 0.3) is 4.73 Å². The normalized spacial score (nSPS) is 11.1. The molecule has 0 aliphatic carbocycles. The molecule has 0 spiro atoms. The fourth-order valence-electron chi connectivity index (χ4n) is 0.491. The second kappa shape index (κ2) is 2.37. The summed E-state index contributed by atoms with van der Waals surface area (Å²) < 4.78 is 8.37. The highest BCUT2D eigenvalue weighted by molar-refractivity contribution is 9.10. The lowest BCUT2D eigenvalue weighted by Gasteiger charge is -1.91. The maximum atomic E-state index is 10.2. The van der Waals surface area contributed by atoms with Crippen molar-refractivity contribution in [2.24, 2.45) is 7.02 Å². The van der Waals surface area contributed by atoms with E-state index < -0.39 is 4.92 Å². The van der Waals surface area contributed by atoms with Gasteiger partial charge in [-0.05, 0) is 4.92 Å². The maximum Gasteiger partial charge on any atom is 0.343 e. The summed E-state index contributed by atoms with van der Waals surface area (Å²) in [6.45, 7) is 0. The Bertz CT molecular complexity index is 287. The van der Waals surface area contributed by atoms with Crippen molar-refractivity contribution in [1.82, 2.24) is 9.55 Å². The third kappa shape index (κ3) is 1.02. The molecule has 54 valence electrons. The van der Waals surface area contributed by atoms with Gasteiger partial charge in [-0.25, -0.2) is 9.55 Å². The largest absolute Gasteiger partial charge is 0.358 e. The van der Waals surface area contributed by atoms with Crippen LogP contribution in [0.3, 0.4) is 0 Å². The first-order valence-corrected chi connectivity index (χ1v) is 3.10. The van der Waals surface area contributed by atoms with Crippen LogP contribution in [0.2, 0.25) is 0 Å². The van der Waals surface area contributed by atoms with Crippen molar-refractivity contribution in [3.63, 3.8) is 0 Å². The Labute approximate surface area is 66.4 Å². The number of nitro groups is 1. The molecule has 0 fully saturated rings. The van der Waals surface area contributed by atoms with Gasteiger partial charge in [0, 0.05) is 15.9 Å². The Morgan fingerprint density at radius 1 is 2.10 bits per heavy atom. The van der Waals surface area contributed by atoms with Crippen LogP contribution in [-0.4, -0.2) is 14.5 Å². The van der Waals surface area contributed by atoms with Crippen molar-refractivity contribution >= 4 is 21.7 Å². The summed E-state index contributed by atoms with van der Waals surface area (Å²) in [5, 5.41) is 10.2. The Balaban J connectivity index is 3.15. The van der Waals surface area contributed by atoms with Gasteiger partial charge in [0.2, 0.25) is 0 Å². The Kier molecular flexibility index (Phi) is 1.39. The van der Waals surface area contributed by atoms with E-state index in [-0.39, 0.29) is 12.8 Å². The first kappa shape index (κ1) is 5.84. The van der Waals surface area contributed by atoms with E-state index in [1.165, 1.54) is 0 Å². The molecule has 0 aliphatic rings. The highest BCUT2D eigenvalue weighted by atomic mass is 79.9. The smallest absolute Gasteiger partial charge is 0.343 e. The van der Waals surface area contributed by atoms with Gasteiger partial charge in [-0.1, -0.05) is 0 Å². The number of hydrogen-bond acceptors (Lipinski definition) is 3. The number of nitrogens with zero attached hydrogens (tertiary/aromatic N) is 3. The van der Waals surface area contributed by atoms with Crippen molar-refractivity contribution in [2.45, 2.75) is 0 Å². The SMILES string of the molecule is [2H]Cn1c([N+](=O)[O-])cnc1Br. The lowest BCUT2D eigenvalue weighted by molar-refractivity contribution is -0.391. The predicted molar refractivity (Wildman–Crippen MR) is 37.6 cm³/mol. The van der Waals surface area contributed by atoms with Gasteiger partial charge in [0.05, 0.1) is 8.39 Å². The highest BCUT2D eigenvalue weighted by Crippen LogP contribution is 2.15. The minimum Gasteiger partial charge on any atom is -0.358 e. The topological polar surface area (TPSA) is 61.0 Å². The molecule has 0 aliphatic heterocycles. The fraction of sp³-hybridized carbons (Fsp3) is 0.250. The summed E-state index contributed by atoms with van der Waals surface area (Å²) in [7, 11) is -0.211. The molecule has 0 N–H and O–H groups in total. The monoisotopic (exact) mass is 206 g/mol. The van der Waals surface area contributed by atoms with E-state index in [0.717, 1.165) is 10.8 Å². The molecule has 0 saturated heterocycles. The zero-order chi connectivity index (χ0) is 8.43. The van der Waals surface area contributed by atoms with Crippen molar-refractivity contribution in [2.75, 3.05) is 0 Å². The molecule has 0 radical (unpaired) electrons. The van der Waals surface area contributed by atoms with Crippen LogP contribution >= 0.6 is 15.9 Å². The molecule has 0 bridgehead atoms. The Morgan fingerprint density at radius 2 is 2.80 bits per heavy atom. The van der Waals surface area contributed by atoms with Gasteiger partial charge in [0.1, 0.15) is 6.20 Å². The van der Waals surface area contributed by atoms with E-state index in [9.17, 15) is 10.1 Å². The zero-order valence-electron chi connectivity index (χ0n) is 5.82. The third-order valence-electron chi connectivity index (χ3n) is 0.973. The van der Waals surface area contributed by atoms with Crippen LogP contribution in [0, 0.1) is 10.1 Å². The minimum atomic E-state index is -0.577. The van der Waals surface area contributed by atoms with Gasteiger partial charge in [-0.2, -0.15) is 0 Å². The molecule has 0 unspecified atom stereocenters. The second-order valence-corrected chi connectivity index (χ2v) is 2.28. The Hall–Kier alpha value is -0.910. The van der Waals surface area contributed by atoms with E-state index in [2.05, 4.69) is 20.9 Å². The van der Waals surface area contributed by atoms with Gasteiger partial charge < -0.3 is 10.1 Å². The summed E-state index contributed by atoms with van der Waals surface area (Å²) >= 11 is 2.97. The molecule has 1 heterocycles. The molecule has 0 atom stereocenters. The van der Waals surface area contributed by atoms with Crippen molar-refractivity contribution < 1.29 is 6.29 Å². The summed E-state index contributed by atoms with van der Waals surface area (Å²) in [6.07, 6.45) is 1.11. The summed E-state index contributed by atoms with van der Waals surface area (Å²) in [4.78, 5) is 13.3. The average molecular weight is 207 g/mol. The first-order valence-electron chi connectivity index (χ1n) is 3.02. The molecule has 6 heteroatoms. The lowest BCUT2D eigenvalue weighted by Crippen LogP contribution is -1.96. The molecule has 0 amide bonds. The highest BCUT2D eigenvalue weighted by Gasteiger charge is 2.12. The van der Waals surface area contributed by atoms with Crippen LogP contribution in [0.25, 0.3) is 0 Å². The number of rotatable bonds is 1. The zero-order valence-corrected chi connectivity index (χ0v) is 6.41. The van der Waals surface area contributed by atoms with Gasteiger partial charge in [-0.3, -0.25) is 0 Å². The number of hydrogen-bond donors (Lipinski definition) is 0. The van der Waals surface area contributed by atoms with E-state index in [1.54, 1.807) is 0 Å². The quantitative estimate of drug-likeness (QED) is 0.511. The molecule has 10 heavy (non-hydrogen) atoms. The lowest BCUT2D eigenvalue weighted by atomic mass is 10.8. The van der Waals surface area contributed by atoms with Crippen LogP contribution in [0.1, 0.15) is 1.37 Å². The molecule has 0 saturated carbocycles. The predicted octanol–water partition coefficient (Wildman–Crippen LogP) is 1.09. The first-order chi connectivity index (χ1) is 5.16. The Morgan fingerprint density at radius 3 is 3.20 bits per heavy atom. The van der Waals surface area contributed by atoms with E-state index >= 15 is 0 Å². The van der Waals surface area contributed by atoms with Crippen LogP contribution in [-0.2, 0) is 7.02 Å². The molecule has 0 aromatic carbocycles. The van der Waals surface area contributed by atoms with Gasteiger partial charge in [0.15, 0.2) is 0 Å². The molecule has 1 rings (SSSR count). The minimum absolute atomic E-state index is 0.174. The summed E-state index contributed by atoms with van der Waals surface area (Å²) in [5.41, 5.74) is 0. The molecular formula is C4H4BrN3O2. The average Bonchev–Trinajstić information content (AvgIpc) is 2.30. The van der Waals surface area contributed by atoms with E-state index in [4.69, 9.17) is 1.37 Å². The molecule has 1 aromatic heterocycles. The van der Waals surface area contributed by atoms with E-state index in [0.29, 0.717) is 4.73 Å². The van der Waals surface area contributed by atoms with Crippen LogP contribution in [0.4, 0.5) is 5.82 Å². The molecule has 5 nitrogen and oxygen atoms in total. The number of halogens is 1. The molecular weight excluding hydrogens is 202 g/mol. The maximum absolute atomic E-state index is 10.2. The van der Waals surface area contributed by atoms with Gasteiger partial charge in [-0.15, -0.1) is 0 Å². The van der Waals surface area contributed by atoms with E-state index in [1.807, 2.05) is 0 Å². The van der Waals surface area contributed by atoms with Crippen molar-refractivity contribution in [3.8, 4) is 0 Å².